The minimum atomic E-state index is 0.321. The van der Waals surface area contributed by atoms with Crippen LogP contribution in [0.2, 0.25) is 0 Å². The molecule has 4 heteroatoms. The molecule has 0 radical (unpaired) electrons. The lowest BCUT2D eigenvalue weighted by atomic mass is 9.67. The topological polar surface area (TPSA) is 45.2 Å². The van der Waals surface area contributed by atoms with E-state index in [4.69, 9.17) is 5.11 Å². The second kappa shape index (κ2) is 5.25. The maximum atomic E-state index is 9.06. The Hall–Kier alpha value is -0.450. The third-order valence-corrected chi connectivity index (χ3v) is 4.62. The average molecular weight is 240 g/mol. The van der Waals surface area contributed by atoms with Crippen LogP contribution < -0.4 is 5.32 Å². The van der Waals surface area contributed by atoms with Crippen molar-refractivity contribution in [2.45, 2.75) is 39.2 Å². The Morgan fingerprint density at radius 1 is 1.56 bits per heavy atom. The van der Waals surface area contributed by atoms with Crippen LogP contribution in [0.5, 0.6) is 0 Å². The van der Waals surface area contributed by atoms with Crippen LogP contribution in [0, 0.1) is 12.3 Å². The summed E-state index contributed by atoms with van der Waals surface area (Å²) in [6.07, 6.45) is 4.80. The molecule has 3 nitrogen and oxygen atoms in total. The van der Waals surface area contributed by atoms with Gasteiger partial charge in [0.1, 0.15) is 0 Å². The Morgan fingerprint density at radius 2 is 2.38 bits per heavy atom. The molecule has 0 spiro atoms. The summed E-state index contributed by atoms with van der Waals surface area (Å²) in [4.78, 5) is 5.57. The van der Waals surface area contributed by atoms with Gasteiger partial charge in [-0.1, -0.05) is 6.42 Å². The van der Waals surface area contributed by atoms with E-state index in [0.29, 0.717) is 12.0 Å². The van der Waals surface area contributed by atoms with E-state index >= 15 is 0 Å². The zero-order chi connectivity index (χ0) is 11.4. The largest absolute Gasteiger partial charge is 0.396 e. The van der Waals surface area contributed by atoms with Gasteiger partial charge in [-0.2, -0.15) is 0 Å². The second-order valence-electron chi connectivity index (χ2n) is 4.79. The normalized spacial score (nSPS) is 18.4. The first-order valence-electron chi connectivity index (χ1n) is 5.96. The van der Waals surface area contributed by atoms with Crippen LogP contribution >= 0.6 is 11.3 Å². The van der Waals surface area contributed by atoms with Crippen molar-refractivity contribution in [3.63, 3.8) is 0 Å². The Labute approximate surface area is 101 Å². The molecule has 0 unspecified atom stereocenters. The number of hydrogen-bond acceptors (Lipinski definition) is 4. The number of aryl methyl sites for hydroxylation is 1. The van der Waals surface area contributed by atoms with Crippen molar-refractivity contribution < 1.29 is 5.11 Å². The van der Waals surface area contributed by atoms with Crippen LogP contribution in [0.3, 0.4) is 0 Å². The molecule has 0 atom stereocenters. The lowest BCUT2D eigenvalue weighted by molar-refractivity contribution is 0.0860. The van der Waals surface area contributed by atoms with Gasteiger partial charge in [0.25, 0.3) is 0 Å². The molecule has 0 aliphatic heterocycles. The van der Waals surface area contributed by atoms with E-state index in [1.165, 1.54) is 24.1 Å². The van der Waals surface area contributed by atoms with E-state index in [1.807, 2.05) is 5.51 Å². The maximum absolute atomic E-state index is 9.06. The molecule has 16 heavy (non-hydrogen) atoms. The predicted molar refractivity (Wildman–Crippen MR) is 66.5 cm³/mol. The first-order valence-corrected chi connectivity index (χ1v) is 6.84. The van der Waals surface area contributed by atoms with Gasteiger partial charge >= 0.3 is 0 Å². The summed E-state index contributed by atoms with van der Waals surface area (Å²) >= 11 is 1.72. The number of nitrogens with one attached hydrogen (secondary N) is 1. The molecule has 1 aliphatic carbocycles. The van der Waals surface area contributed by atoms with Crippen LogP contribution in [0.4, 0.5) is 0 Å². The molecule has 1 saturated carbocycles. The number of nitrogens with zero attached hydrogens (tertiary/aromatic N) is 1. The van der Waals surface area contributed by atoms with Gasteiger partial charge in [0, 0.05) is 24.6 Å². The fourth-order valence-electron chi connectivity index (χ4n) is 2.37. The van der Waals surface area contributed by atoms with Gasteiger partial charge in [-0.05, 0) is 31.6 Å². The number of rotatable bonds is 6. The fourth-order valence-corrected chi connectivity index (χ4v) is 3.11. The quantitative estimate of drug-likeness (QED) is 0.800. The van der Waals surface area contributed by atoms with Crippen LogP contribution in [0.25, 0.3) is 0 Å². The first-order chi connectivity index (χ1) is 7.76. The minimum absolute atomic E-state index is 0.321. The highest BCUT2D eigenvalue weighted by atomic mass is 32.1. The molecular formula is C12H20N2OS. The van der Waals surface area contributed by atoms with Crippen molar-refractivity contribution in [2.24, 2.45) is 5.41 Å². The number of thiazole rings is 1. The molecule has 0 amide bonds. The van der Waals surface area contributed by atoms with Gasteiger partial charge < -0.3 is 10.4 Å². The molecule has 0 saturated heterocycles. The maximum Gasteiger partial charge on any atom is 0.0798 e. The standard InChI is InChI=1S/C12H20N2OS/c1-10-11(16-9-14-10)7-13-8-12(5-6-15)3-2-4-12/h9,13,15H,2-8H2,1H3. The highest BCUT2D eigenvalue weighted by Crippen LogP contribution is 2.43. The van der Waals surface area contributed by atoms with Gasteiger partial charge in [-0.25, -0.2) is 4.98 Å². The highest BCUT2D eigenvalue weighted by molar-refractivity contribution is 7.09. The lowest BCUT2D eigenvalue weighted by Gasteiger charge is -2.42. The summed E-state index contributed by atoms with van der Waals surface area (Å²) in [5.74, 6) is 0. The van der Waals surface area contributed by atoms with Gasteiger partial charge in [0.15, 0.2) is 0 Å². The van der Waals surface area contributed by atoms with Gasteiger partial charge in [-0.15, -0.1) is 11.3 Å². The van der Waals surface area contributed by atoms with Crippen molar-refractivity contribution in [3.05, 3.63) is 16.1 Å². The van der Waals surface area contributed by atoms with Crippen molar-refractivity contribution in [1.82, 2.24) is 10.3 Å². The first kappa shape index (κ1) is 12.0. The Kier molecular flexibility index (Phi) is 3.95. The molecule has 1 fully saturated rings. The van der Waals surface area contributed by atoms with Crippen LogP contribution in [-0.4, -0.2) is 23.2 Å². The van der Waals surface area contributed by atoms with E-state index < -0.39 is 0 Å². The molecule has 1 aromatic rings. The Morgan fingerprint density at radius 3 is 2.88 bits per heavy atom. The second-order valence-corrected chi connectivity index (χ2v) is 5.73. The number of aliphatic hydroxyl groups excluding tert-OH is 1. The smallest absolute Gasteiger partial charge is 0.0798 e. The zero-order valence-corrected chi connectivity index (χ0v) is 10.6. The Balaban J connectivity index is 1.77. The summed E-state index contributed by atoms with van der Waals surface area (Å²) in [5, 5.41) is 12.6. The summed E-state index contributed by atoms with van der Waals surface area (Å²) in [5.41, 5.74) is 3.43. The third-order valence-electron chi connectivity index (χ3n) is 3.69. The van der Waals surface area contributed by atoms with Crippen molar-refractivity contribution in [2.75, 3.05) is 13.2 Å². The predicted octanol–water partition coefficient (Wildman–Crippen LogP) is 2.09. The molecule has 1 aliphatic rings. The molecule has 1 heterocycles. The van der Waals surface area contributed by atoms with E-state index in [9.17, 15) is 0 Å². The average Bonchev–Trinajstić information content (AvgIpc) is 2.61. The third kappa shape index (κ3) is 2.62. The number of hydrogen-bond donors (Lipinski definition) is 2. The highest BCUT2D eigenvalue weighted by Gasteiger charge is 2.35. The van der Waals surface area contributed by atoms with Gasteiger partial charge in [0.05, 0.1) is 11.2 Å². The molecule has 1 aromatic heterocycles. The molecular weight excluding hydrogens is 220 g/mol. The van der Waals surface area contributed by atoms with Crippen LogP contribution in [0.15, 0.2) is 5.51 Å². The van der Waals surface area contributed by atoms with E-state index in [-0.39, 0.29) is 0 Å². The zero-order valence-electron chi connectivity index (χ0n) is 9.83. The molecule has 0 bridgehead atoms. The molecule has 90 valence electrons. The summed E-state index contributed by atoms with van der Waals surface area (Å²) in [7, 11) is 0. The fraction of sp³-hybridized carbons (Fsp3) is 0.750. The Bertz CT molecular complexity index is 334. The van der Waals surface area contributed by atoms with Gasteiger partial charge in [-0.3, -0.25) is 0 Å². The van der Waals surface area contributed by atoms with Gasteiger partial charge in [0.2, 0.25) is 0 Å². The van der Waals surface area contributed by atoms with Crippen molar-refractivity contribution >= 4 is 11.3 Å². The molecule has 0 aromatic carbocycles. The summed E-state index contributed by atoms with van der Waals surface area (Å²) in [6, 6.07) is 0. The summed E-state index contributed by atoms with van der Waals surface area (Å²) < 4.78 is 0. The SMILES string of the molecule is Cc1ncsc1CNCC1(CCO)CCC1. The summed E-state index contributed by atoms with van der Waals surface area (Å²) in [6.45, 7) is 4.33. The monoisotopic (exact) mass is 240 g/mol. The number of aliphatic hydroxyl groups is 1. The van der Waals surface area contributed by atoms with E-state index in [0.717, 1.165) is 25.2 Å². The number of aromatic nitrogens is 1. The minimum Gasteiger partial charge on any atom is -0.396 e. The van der Waals surface area contributed by atoms with E-state index in [1.54, 1.807) is 11.3 Å². The lowest BCUT2D eigenvalue weighted by Crippen LogP contribution is -2.40. The molecule has 2 N–H and O–H groups in total. The molecule has 2 rings (SSSR count). The van der Waals surface area contributed by atoms with E-state index in [2.05, 4.69) is 17.2 Å². The van der Waals surface area contributed by atoms with Crippen molar-refractivity contribution in [1.29, 1.82) is 0 Å². The van der Waals surface area contributed by atoms with Crippen LogP contribution in [-0.2, 0) is 6.54 Å². The van der Waals surface area contributed by atoms with Crippen LogP contribution in [0.1, 0.15) is 36.3 Å². The van der Waals surface area contributed by atoms with Crippen molar-refractivity contribution in [3.8, 4) is 0 Å².